The third-order valence-electron chi connectivity index (χ3n) is 5.11. The highest BCUT2D eigenvalue weighted by atomic mass is 32.1. The molecule has 138 valence electrons. The molecule has 6 heteroatoms. The highest BCUT2D eigenvalue weighted by Gasteiger charge is 2.29. The maximum Gasteiger partial charge on any atom is 0.263 e. The van der Waals surface area contributed by atoms with Gasteiger partial charge in [0, 0.05) is 32.2 Å². The molecule has 0 atom stereocenters. The summed E-state index contributed by atoms with van der Waals surface area (Å²) in [4.78, 5) is 31.9. The molecule has 1 N–H and O–H groups in total. The Morgan fingerprint density at radius 2 is 2.08 bits per heavy atom. The van der Waals surface area contributed by atoms with Gasteiger partial charge in [0.15, 0.2) is 0 Å². The van der Waals surface area contributed by atoms with E-state index in [0.29, 0.717) is 18.4 Å². The highest BCUT2D eigenvalue weighted by Crippen LogP contribution is 2.43. The van der Waals surface area contributed by atoms with Crippen LogP contribution in [0.1, 0.15) is 46.8 Å². The minimum atomic E-state index is -0.110. The minimum Gasteiger partial charge on any atom is -0.352 e. The van der Waals surface area contributed by atoms with Gasteiger partial charge in [-0.2, -0.15) is 0 Å². The predicted molar refractivity (Wildman–Crippen MR) is 106 cm³/mol. The fourth-order valence-electron chi connectivity index (χ4n) is 3.69. The zero-order chi connectivity index (χ0) is 18.7. The number of hydrogen-bond acceptors (Lipinski definition) is 4. The van der Waals surface area contributed by atoms with Gasteiger partial charge in [-0.05, 0) is 55.2 Å². The monoisotopic (exact) mass is 371 g/mol. The Balaban J connectivity index is 1.80. The molecule has 1 fully saturated rings. The molecule has 0 aliphatic heterocycles. The maximum absolute atomic E-state index is 12.7. The van der Waals surface area contributed by atoms with Crippen LogP contribution >= 0.6 is 11.3 Å². The fourth-order valence-corrected chi connectivity index (χ4v) is 4.94. The van der Waals surface area contributed by atoms with Gasteiger partial charge in [-0.3, -0.25) is 9.59 Å². The van der Waals surface area contributed by atoms with E-state index in [0.717, 1.165) is 40.8 Å². The standard InChI is InChI=1S/C20H25N3O2S/c1-4-16(24)22-12-13-7-9-14(10-8-13)17-15-6-5-11-21-19(15)26-18(17)20(25)23(2)3/h4-6,11,13-14H,1,7-10,12H2,2-3H3,(H,22,24). The van der Waals surface area contributed by atoms with Crippen LogP contribution in [0.2, 0.25) is 0 Å². The van der Waals surface area contributed by atoms with E-state index in [2.05, 4.69) is 22.9 Å². The van der Waals surface area contributed by atoms with E-state index < -0.39 is 0 Å². The van der Waals surface area contributed by atoms with E-state index in [4.69, 9.17) is 0 Å². The van der Waals surface area contributed by atoms with Crippen LogP contribution in [-0.4, -0.2) is 42.3 Å². The first-order valence-electron chi connectivity index (χ1n) is 9.00. The molecule has 1 saturated carbocycles. The summed E-state index contributed by atoms with van der Waals surface area (Å²) < 4.78 is 0. The molecule has 2 aromatic heterocycles. The molecule has 0 radical (unpaired) electrons. The number of carbonyl (C=O) groups is 2. The Bertz CT molecular complexity index is 820. The van der Waals surface area contributed by atoms with Gasteiger partial charge in [-0.1, -0.05) is 12.6 Å². The molecule has 3 rings (SSSR count). The lowest BCUT2D eigenvalue weighted by Crippen LogP contribution is -2.30. The summed E-state index contributed by atoms with van der Waals surface area (Å²) in [6, 6.07) is 4.02. The van der Waals surface area contributed by atoms with Gasteiger partial charge >= 0.3 is 0 Å². The summed E-state index contributed by atoms with van der Waals surface area (Å²) in [5, 5.41) is 4.02. The SMILES string of the molecule is C=CC(=O)NCC1CCC(c2c(C(=O)N(C)C)sc3ncccc23)CC1. The zero-order valence-corrected chi connectivity index (χ0v) is 16.1. The molecule has 0 spiro atoms. The number of fused-ring (bicyclic) bond motifs is 1. The van der Waals surface area contributed by atoms with Crippen LogP contribution in [-0.2, 0) is 4.79 Å². The smallest absolute Gasteiger partial charge is 0.263 e. The van der Waals surface area contributed by atoms with Crippen molar-refractivity contribution < 1.29 is 9.59 Å². The third-order valence-corrected chi connectivity index (χ3v) is 6.23. The lowest BCUT2D eigenvalue weighted by Gasteiger charge is -2.29. The molecule has 2 heterocycles. The predicted octanol–water partition coefficient (Wildman–Crippen LogP) is 3.57. The van der Waals surface area contributed by atoms with Gasteiger partial charge in [-0.25, -0.2) is 4.98 Å². The van der Waals surface area contributed by atoms with Crippen molar-refractivity contribution in [2.45, 2.75) is 31.6 Å². The summed E-state index contributed by atoms with van der Waals surface area (Å²) in [5.41, 5.74) is 1.17. The van der Waals surface area contributed by atoms with E-state index in [1.807, 2.05) is 6.07 Å². The molecule has 2 aromatic rings. The van der Waals surface area contributed by atoms with Crippen LogP contribution in [0.5, 0.6) is 0 Å². The van der Waals surface area contributed by atoms with Gasteiger partial charge in [0.1, 0.15) is 4.83 Å². The number of thiophene rings is 1. The number of carbonyl (C=O) groups excluding carboxylic acids is 2. The Morgan fingerprint density at radius 1 is 1.35 bits per heavy atom. The van der Waals surface area contributed by atoms with Crippen LogP contribution < -0.4 is 5.32 Å². The Labute approximate surface area is 158 Å². The average Bonchev–Trinajstić information content (AvgIpc) is 3.05. The lowest BCUT2D eigenvalue weighted by molar-refractivity contribution is -0.116. The van der Waals surface area contributed by atoms with Gasteiger partial charge < -0.3 is 10.2 Å². The van der Waals surface area contributed by atoms with E-state index in [-0.39, 0.29) is 11.8 Å². The zero-order valence-electron chi connectivity index (χ0n) is 15.3. The van der Waals surface area contributed by atoms with Crippen molar-refractivity contribution in [1.29, 1.82) is 0 Å². The number of nitrogens with one attached hydrogen (secondary N) is 1. The van der Waals surface area contributed by atoms with Gasteiger partial charge in [0.05, 0.1) is 4.88 Å². The molecule has 0 bridgehead atoms. The summed E-state index contributed by atoms with van der Waals surface area (Å²) in [6.07, 6.45) is 7.26. The molecule has 5 nitrogen and oxygen atoms in total. The van der Waals surface area contributed by atoms with Crippen LogP contribution in [0.4, 0.5) is 0 Å². The molecule has 1 aliphatic rings. The number of amides is 2. The van der Waals surface area contributed by atoms with Crippen molar-refractivity contribution >= 4 is 33.4 Å². The topological polar surface area (TPSA) is 62.3 Å². The number of aromatic nitrogens is 1. The molecule has 0 saturated heterocycles. The van der Waals surface area contributed by atoms with Crippen molar-refractivity contribution in [2.75, 3.05) is 20.6 Å². The highest BCUT2D eigenvalue weighted by molar-refractivity contribution is 7.20. The second-order valence-electron chi connectivity index (χ2n) is 7.07. The van der Waals surface area contributed by atoms with Crippen LogP contribution in [0.3, 0.4) is 0 Å². The first-order chi connectivity index (χ1) is 12.5. The second kappa shape index (κ2) is 7.99. The summed E-state index contributed by atoms with van der Waals surface area (Å²) in [6.45, 7) is 4.19. The normalized spacial score (nSPS) is 19.9. The van der Waals surface area contributed by atoms with Crippen LogP contribution in [0, 0.1) is 5.92 Å². The quantitative estimate of drug-likeness (QED) is 0.817. The first-order valence-corrected chi connectivity index (χ1v) is 9.82. The van der Waals surface area contributed by atoms with E-state index in [1.54, 1.807) is 25.2 Å². The molecule has 0 aromatic carbocycles. The van der Waals surface area contributed by atoms with Gasteiger partial charge in [-0.15, -0.1) is 11.3 Å². The molecule has 26 heavy (non-hydrogen) atoms. The fraction of sp³-hybridized carbons (Fsp3) is 0.450. The third kappa shape index (κ3) is 3.80. The average molecular weight is 372 g/mol. The Kier molecular flexibility index (Phi) is 5.71. The Morgan fingerprint density at radius 3 is 2.73 bits per heavy atom. The molecule has 2 amide bonds. The van der Waals surface area contributed by atoms with E-state index >= 15 is 0 Å². The number of rotatable bonds is 5. The van der Waals surface area contributed by atoms with Crippen molar-refractivity contribution in [3.8, 4) is 0 Å². The van der Waals surface area contributed by atoms with E-state index in [9.17, 15) is 9.59 Å². The van der Waals surface area contributed by atoms with Crippen LogP contribution in [0.25, 0.3) is 10.2 Å². The van der Waals surface area contributed by atoms with E-state index in [1.165, 1.54) is 23.0 Å². The number of pyridine rings is 1. The first kappa shape index (κ1) is 18.6. The molecule has 0 unspecified atom stereocenters. The molecular weight excluding hydrogens is 346 g/mol. The van der Waals surface area contributed by atoms with Gasteiger partial charge in [0.2, 0.25) is 5.91 Å². The largest absolute Gasteiger partial charge is 0.352 e. The minimum absolute atomic E-state index is 0.0587. The van der Waals surface area contributed by atoms with Crippen LogP contribution in [0.15, 0.2) is 31.0 Å². The Hall–Kier alpha value is -2.21. The van der Waals surface area contributed by atoms with Crippen molar-refractivity contribution in [1.82, 2.24) is 15.2 Å². The summed E-state index contributed by atoms with van der Waals surface area (Å²) >= 11 is 1.50. The number of nitrogens with zero attached hydrogens (tertiary/aromatic N) is 2. The second-order valence-corrected chi connectivity index (χ2v) is 8.07. The molecule has 1 aliphatic carbocycles. The van der Waals surface area contributed by atoms with Crippen molar-refractivity contribution in [3.05, 3.63) is 41.4 Å². The summed E-state index contributed by atoms with van der Waals surface area (Å²) in [7, 11) is 3.59. The van der Waals surface area contributed by atoms with Gasteiger partial charge in [0.25, 0.3) is 5.91 Å². The number of hydrogen-bond donors (Lipinski definition) is 1. The molecular formula is C20H25N3O2S. The maximum atomic E-state index is 12.7. The lowest BCUT2D eigenvalue weighted by atomic mass is 9.78. The summed E-state index contributed by atoms with van der Waals surface area (Å²) in [5.74, 6) is 0.814. The van der Waals surface area contributed by atoms with Crippen molar-refractivity contribution in [2.24, 2.45) is 5.92 Å². The van der Waals surface area contributed by atoms with Crippen molar-refractivity contribution in [3.63, 3.8) is 0 Å².